The molecule has 0 unspecified atom stereocenters. The third kappa shape index (κ3) is 5.57. The maximum atomic E-state index is 12.2. The van der Waals surface area contributed by atoms with Crippen molar-refractivity contribution in [2.75, 3.05) is 39.8 Å². The van der Waals surface area contributed by atoms with Gasteiger partial charge >= 0.3 is 11.9 Å². The number of rotatable bonds is 7. The number of benzene rings is 2. The van der Waals surface area contributed by atoms with Gasteiger partial charge in [-0.3, -0.25) is 4.79 Å². The predicted molar refractivity (Wildman–Crippen MR) is 105 cm³/mol. The first-order chi connectivity index (χ1) is 13.3. The van der Waals surface area contributed by atoms with Gasteiger partial charge in [-0.05, 0) is 42.0 Å². The van der Waals surface area contributed by atoms with E-state index in [4.69, 9.17) is 4.74 Å². The van der Waals surface area contributed by atoms with E-state index in [2.05, 4.69) is 4.74 Å². The van der Waals surface area contributed by atoms with E-state index in [1.165, 1.54) is 36.3 Å². The van der Waals surface area contributed by atoms with Gasteiger partial charge < -0.3 is 19.3 Å². The highest BCUT2D eigenvalue weighted by molar-refractivity contribution is 5.94. The zero-order valence-electron chi connectivity index (χ0n) is 16.5. The van der Waals surface area contributed by atoms with Crippen LogP contribution in [0, 0.1) is 0 Å². The van der Waals surface area contributed by atoms with E-state index in [0.717, 1.165) is 11.3 Å². The molecule has 2 aromatic rings. The molecular weight excluding hydrogens is 360 g/mol. The number of methoxy groups -OCH3 is 1. The lowest BCUT2D eigenvalue weighted by atomic mass is 10.1. The van der Waals surface area contributed by atoms with Crippen molar-refractivity contribution in [3.63, 3.8) is 0 Å². The Balaban J connectivity index is 1.86. The van der Waals surface area contributed by atoms with Crippen molar-refractivity contribution in [1.29, 1.82) is 0 Å². The van der Waals surface area contributed by atoms with Gasteiger partial charge in [0.15, 0.2) is 6.61 Å². The van der Waals surface area contributed by atoms with Crippen LogP contribution < -0.4 is 4.90 Å². The highest BCUT2D eigenvalue weighted by Crippen LogP contribution is 2.13. The quantitative estimate of drug-likeness (QED) is 0.682. The van der Waals surface area contributed by atoms with E-state index in [9.17, 15) is 14.4 Å². The van der Waals surface area contributed by atoms with Crippen LogP contribution in [-0.2, 0) is 20.8 Å². The van der Waals surface area contributed by atoms with Crippen LogP contribution in [0.4, 0.5) is 5.69 Å². The maximum absolute atomic E-state index is 12.2. The zero-order valence-corrected chi connectivity index (χ0v) is 16.5. The molecule has 28 heavy (non-hydrogen) atoms. The highest BCUT2D eigenvalue weighted by atomic mass is 16.5. The Morgan fingerprint density at radius 3 is 1.86 bits per heavy atom. The van der Waals surface area contributed by atoms with Crippen molar-refractivity contribution in [2.45, 2.75) is 6.54 Å². The van der Waals surface area contributed by atoms with Crippen LogP contribution in [0.5, 0.6) is 0 Å². The molecule has 0 spiro atoms. The summed E-state index contributed by atoms with van der Waals surface area (Å²) in [7, 11) is 6.86. The summed E-state index contributed by atoms with van der Waals surface area (Å²) in [6.07, 6.45) is 0. The van der Waals surface area contributed by atoms with Crippen molar-refractivity contribution in [3.8, 4) is 0 Å². The largest absolute Gasteiger partial charge is 0.465 e. The van der Waals surface area contributed by atoms with E-state index in [-0.39, 0.29) is 18.1 Å². The van der Waals surface area contributed by atoms with Crippen LogP contribution in [-0.4, -0.2) is 57.6 Å². The van der Waals surface area contributed by atoms with Crippen molar-refractivity contribution in [1.82, 2.24) is 4.90 Å². The second kappa shape index (κ2) is 9.55. The standard InChI is InChI=1S/C21H24N2O5/c1-22(2)18-11-5-15(6-12-18)13-23(3)19(24)14-28-21(26)17-9-7-16(8-10-17)20(25)27-4/h5-12H,13-14H2,1-4H3. The number of hydrogen-bond donors (Lipinski definition) is 0. The van der Waals surface area contributed by atoms with Crippen LogP contribution in [0.2, 0.25) is 0 Å². The lowest BCUT2D eigenvalue weighted by Crippen LogP contribution is -2.30. The molecule has 0 heterocycles. The molecule has 2 rings (SSSR count). The van der Waals surface area contributed by atoms with Gasteiger partial charge in [0, 0.05) is 33.4 Å². The van der Waals surface area contributed by atoms with Gasteiger partial charge in [-0.15, -0.1) is 0 Å². The lowest BCUT2D eigenvalue weighted by Gasteiger charge is -2.18. The SMILES string of the molecule is COC(=O)c1ccc(C(=O)OCC(=O)N(C)Cc2ccc(N(C)C)cc2)cc1. The van der Waals surface area contributed by atoms with Gasteiger partial charge in [0.25, 0.3) is 5.91 Å². The summed E-state index contributed by atoms with van der Waals surface area (Å²) in [5.41, 5.74) is 2.63. The lowest BCUT2D eigenvalue weighted by molar-refractivity contribution is -0.133. The number of ether oxygens (including phenoxy) is 2. The van der Waals surface area contributed by atoms with Gasteiger partial charge in [0.05, 0.1) is 18.2 Å². The number of carbonyl (C=O) groups excluding carboxylic acids is 3. The van der Waals surface area contributed by atoms with E-state index >= 15 is 0 Å². The summed E-state index contributed by atoms with van der Waals surface area (Å²) < 4.78 is 9.67. The van der Waals surface area contributed by atoms with Crippen LogP contribution in [0.15, 0.2) is 48.5 Å². The van der Waals surface area contributed by atoms with Crippen LogP contribution in [0.25, 0.3) is 0 Å². The number of amides is 1. The topological polar surface area (TPSA) is 76.2 Å². The van der Waals surface area contributed by atoms with Gasteiger partial charge in [-0.25, -0.2) is 9.59 Å². The van der Waals surface area contributed by atoms with E-state index in [0.29, 0.717) is 12.1 Å². The molecular formula is C21H24N2O5. The molecule has 0 atom stereocenters. The van der Waals surface area contributed by atoms with Crippen molar-refractivity contribution < 1.29 is 23.9 Å². The number of likely N-dealkylation sites (N-methyl/N-ethyl adjacent to an activating group) is 1. The molecule has 0 fully saturated rings. The Morgan fingerprint density at radius 1 is 0.821 bits per heavy atom. The molecule has 0 N–H and O–H groups in total. The average molecular weight is 384 g/mol. The summed E-state index contributed by atoms with van der Waals surface area (Å²) >= 11 is 0. The Kier molecular flexibility index (Phi) is 7.14. The first-order valence-corrected chi connectivity index (χ1v) is 8.67. The minimum Gasteiger partial charge on any atom is -0.465 e. The number of esters is 2. The molecule has 0 bridgehead atoms. The Labute approximate surface area is 164 Å². The molecule has 0 aliphatic heterocycles. The van der Waals surface area contributed by atoms with Crippen molar-refractivity contribution in [3.05, 3.63) is 65.2 Å². The molecule has 7 nitrogen and oxygen atoms in total. The number of nitrogens with zero attached hydrogens (tertiary/aromatic N) is 2. The van der Waals surface area contributed by atoms with E-state index in [1.807, 2.05) is 43.3 Å². The smallest absolute Gasteiger partial charge is 0.338 e. The first kappa shape index (κ1) is 21.0. The summed E-state index contributed by atoms with van der Waals surface area (Å²) in [6.45, 7) is 0.0573. The molecule has 0 aliphatic rings. The fourth-order valence-electron chi connectivity index (χ4n) is 2.44. The minimum absolute atomic E-state index is 0.252. The second-order valence-corrected chi connectivity index (χ2v) is 6.46. The number of anilines is 1. The normalized spacial score (nSPS) is 10.1. The van der Waals surface area contributed by atoms with Crippen molar-refractivity contribution in [2.24, 2.45) is 0 Å². The van der Waals surface area contributed by atoms with Crippen LogP contribution in [0.3, 0.4) is 0 Å². The summed E-state index contributed by atoms with van der Waals surface area (Å²) in [6, 6.07) is 13.7. The summed E-state index contributed by atoms with van der Waals surface area (Å²) in [5, 5.41) is 0. The first-order valence-electron chi connectivity index (χ1n) is 8.67. The van der Waals surface area contributed by atoms with E-state index in [1.54, 1.807) is 7.05 Å². The molecule has 0 saturated heterocycles. The third-order valence-corrected chi connectivity index (χ3v) is 4.17. The minimum atomic E-state index is -0.631. The van der Waals surface area contributed by atoms with Gasteiger partial charge in [-0.1, -0.05) is 12.1 Å². The molecule has 0 aliphatic carbocycles. The van der Waals surface area contributed by atoms with E-state index < -0.39 is 11.9 Å². The molecule has 2 aromatic carbocycles. The Bertz CT molecular complexity index is 829. The molecule has 0 radical (unpaired) electrons. The third-order valence-electron chi connectivity index (χ3n) is 4.17. The monoisotopic (exact) mass is 384 g/mol. The predicted octanol–water partition coefficient (Wildman–Crippen LogP) is 2.35. The van der Waals surface area contributed by atoms with Gasteiger partial charge in [0.2, 0.25) is 0 Å². The van der Waals surface area contributed by atoms with Gasteiger partial charge in [0.1, 0.15) is 0 Å². The fraction of sp³-hybridized carbons (Fsp3) is 0.286. The van der Waals surface area contributed by atoms with Crippen LogP contribution >= 0.6 is 0 Å². The Hall–Kier alpha value is -3.35. The zero-order chi connectivity index (χ0) is 20.7. The molecule has 7 heteroatoms. The average Bonchev–Trinajstić information content (AvgIpc) is 2.71. The highest BCUT2D eigenvalue weighted by Gasteiger charge is 2.15. The summed E-state index contributed by atoms with van der Waals surface area (Å²) in [5.74, 6) is -1.43. The van der Waals surface area contributed by atoms with Crippen molar-refractivity contribution >= 4 is 23.5 Å². The fourth-order valence-corrected chi connectivity index (χ4v) is 2.44. The molecule has 1 amide bonds. The number of carbonyl (C=O) groups is 3. The Morgan fingerprint density at radius 2 is 1.36 bits per heavy atom. The van der Waals surface area contributed by atoms with Crippen LogP contribution in [0.1, 0.15) is 26.3 Å². The number of hydrogen-bond acceptors (Lipinski definition) is 6. The molecule has 0 aromatic heterocycles. The summed E-state index contributed by atoms with van der Waals surface area (Å²) in [4.78, 5) is 39.2. The van der Waals surface area contributed by atoms with Gasteiger partial charge in [-0.2, -0.15) is 0 Å². The molecule has 0 saturated carbocycles. The molecule has 148 valence electrons. The second-order valence-electron chi connectivity index (χ2n) is 6.46. The maximum Gasteiger partial charge on any atom is 0.338 e.